The summed E-state index contributed by atoms with van der Waals surface area (Å²) in [7, 11) is 0. The number of anilines is 1. The number of H-pyrrole nitrogens is 1. The van der Waals surface area contributed by atoms with Gasteiger partial charge in [-0.1, -0.05) is 23.7 Å². The van der Waals surface area contributed by atoms with Crippen molar-refractivity contribution in [3.63, 3.8) is 0 Å². The number of nitrogens with one attached hydrogen (secondary N) is 3. The molecule has 0 saturated carbocycles. The zero-order valence-corrected chi connectivity index (χ0v) is 14.5. The third kappa shape index (κ3) is 4.66. The molecular weight excluding hydrogens is 353 g/mol. The number of carbonyl (C=O) groups excluding carboxylic acids is 2. The van der Waals surface area contributed by atoms with Crippen molar-refractivity contribution in [3.05, 3.63) is 41.0 Å². The molecule has 0 radical (unpaired) electrons. The molecule has 0 aliphatic rings. The third-order valence-electron chi connectivity index (χ3n) is 3.06. The van der Waals surface area contributed by atoms with Gasteiger partial charge in [-0.3, -0.25) is 0 Å². The highest BCUT2D eigenvalue weighted by atomic mass is 35.5. The van der Waals surface area contributed by atoms with E-state index in [1.807, 2.05) is 6.07 Å². The lowest BCUT2D eigenvalue weighted by molar-refractivity contribution is 0.0521. The van der Waals surface area contributed by atoms with Crippen molar-refractivity contribution >= 4 is 40.9 Å². The van der Waals surface area contributed by atoms with Crippen LogP contribution in [-0.2, 0) is 4.74 Å². The van der Waals surface area contributed by atoms with E-state index in [1.54, 1.807) is 31.2 Å². The molecular formula is C16H17Cl2N3O3. The largest absolute Gasteiger partial charge is 0.461 e. The Kier molecular flexibility index (Phi) is 6.52. The van der Waals surface area contributed by atoms with Crippen LogP contribution in [0.4, 0.5) is 10.5 Å². The number of ether oxygens (including phenoxy) is 1. The summed E-state index contributed by atoms with van der Waals surface area (Å²) in [5, 5.41) is 5.75. The average Bonchev–Trinajstić information content (AvgIpc) is 2.97. The van der Waals surface area contributed by atoms with Gasteiger partial charge in [0.2, 0.25) is 0 Å². The van der Waals surface area contributed by atoms with Gasteiger partial charge in [0.05, 0.1) is 12.3 Å². The van der Waals surface area contributed by atoms with Crippen LogP contribution in [0.25, 0.3) is 11.3 Å². The Hall–Kier alpha value is -2.18. The number of urea groups is 1. The number of hydrogen-bond acceptors (Lipinski definition) is 3. The first-order valence-electron chi connectivity index (χ1n) is 7.32. The molecule has 2 aromatic rings. The van der Waals surface area contributed by atoms with Crippen LogP contribution in [0.2, 0.25) is 5.02 Å². The maximum absolute atomic E-state index is 12.1. The molecule has 8 heteroatoms. The SMILES string of the molecule is CCOC(=O)c1[nH]c(-c2cccc(Cl)c2)cc1NC(=O)NCCCl. The standard InChI is InChI=1S/C16H17Cl2N3O3/c1-2-24-15(22)14-13(21-16(23)19-7-6-17)9-12(20-14)10-4-3-5-11(18)8-10/h3-5,8-9,20H,2,6-7H2,1H3,(H2,19,21,23). The number of halogens is 2. The number of benzene rings is 1. The van der Waals surface area contributed by atoms with Crippen molar-refractivity contribution in [2.24, 2.45) is 0 Å². The van der Waals surface area contributed by atoms with E-state index in [1.165, 1.54) is 0 Å². The Balaban J connectivity index is 2.32. The van der Waals surface area contributed by atoms with Gasteiger partial charge in [0, 0.05) is 23.1 Å². The fourth-order valence-corrected chi connectivity index (χ4v) is 2.34. The Morgan fingerprint density at radius 2 is 2.08 bits per heavy atom. The summed E-state index contributed by atoms with van der Waals surface area (Å²) in [6, 6.07) is 8.32. The van der Waals surface area contributed by atoms with Gasteiger partial charge >= 0.3 is 12.0 Å². The molecule has 1 aromatic carbocycles. The number of hydrogen-bond donors (Lipinski definition) is 3. The van der Waals surface area contributed by atoms with Gasteiger partial charge in [-0.15, -0.1) is 11.6 Å². The van der Waals surface area contributed by atoms with Crippen LogP contribution in [0.15, 0.2) is 30.3 Å². The summed E-state index contributed by atoms with van der Waals surface area (Å²) in [6.45, 7) is 2.24. The van der Waals surface area contributed by atoms with Crippen LogP contribution in [0.1, 0.15) is 17.4 Å². The number of aromatic amines is 1. The minimum Gasteiger partial charge on any atom is -0.461 e. The molecule has 0 saturated heterocycles. The predicted octanol–water partition coefficient (Wildman–Crippen LogP) is 3.87. The smallest absolute Gasteiger partial charge is 0.356 e. The first-order valence-corrected chi connectivity index (χ1v) is 8.23. The predicted molar refractivity (Wildman–Crippen MR) is 94.9 cm³/mol. The minimum absolute atomic E-state index is 0.160. The minimum atomic E-state index is -0.557. The highest BCUT2D eigenvalue weighted by molar-refractivity contribution is 6.30. The molecule has 128 valence electrons. The van der Waals surface area contributed by atoms with Gasteiger partial charge in [0.15, 0.2) is 0 Å². The summed E-state index contributed by atoms with van der Waals surface area (Å²) < 4.78 is 5.02. The van der Waals surface area contributed by atoms with E-state index >= 15 is 0 Å². The van der Waals surface area contributed by atoms with Crippen molar-refractivity contribution in [1.29, 1.82) is 0 Å². The van der Waals surface area contributed by atoms with Crippen LogP contribution in [0.3, 0.4) is 0 Å². The van der Waals surface area contributed by atoms with Crippen LogP contribution < -0.4 is 10.6 Å². The fourth-order valence-electron chi connectivity index (χ4n) is 2.06. The topological polar surface area (TPSA) is 83.2 Å². The maximum atomic E-state index is 12.1. The molecule has 0 bridgehead atoms. The summed E-state index contributed by atoms with van der Waals surface area (Å²) in [5.41, 5.74) is 1.89. The van der Waals surface area contributed by atoms with E-state index in [4.69, 9.17) is 27.9 Å². The summed E-state index contributed by atoms with van der Waals surface area (Å²) in [4.78, 5) is 26.9. The van der Waals surface area contributed by atoms with Crippen molar-refractivity contribution < 1.29 is 14.3 Å². The molecule has 2 amide bonds. The fraction of sp³-hybridized carbons (Fsp3) is 0.250. The Morgan fingerprint density at radius 3 is 2.75 bits per heavy atom. The molecule has 6 nitrogen and oxygen atoms in total. The monoisotopic (exact) mass is 369 g/mol. The second kappa shape index (κ2) is 8.61. The number of esters is 1. The lowest BCUT2D eigenvalue weighted by Crippen LogP contribution is -2.30. The second-order valence-electron chi connectivity index (χ2n) is 4.77. The molecule has 1 aromatic heterocycles. The molecule has 0 aliphatic heterocycles. The third-order valence-corrected chi connectivity index (χ3v) is 3.49. The van der Waals surface area contributed by atoms with Gasteiger partial charge < -0.3 is 20.4 Å². The van der Waals surface area contributed by atoms with Gasteiger partial charge in [0.25, 0.3) is 0 Å². The summed E-state index contributed by atoms with van der Waals surface area (Å²) in [6.07, 6.45) is 0. The molecule has 2 rings (SSSR count). The summed E-state index contributed by atoms with van der Waals surface area (Å²) in [5.74, 6) is -0.266. The highest BCUT2D eigenvalue weighted by Crippen LogP contribution is 2.27. The molecule has 24 heavy (non-hydrogen) atoms. The molecule has 3 N–H and O–H groups in total. The average molecular weight is 370 g/mol. The first kappa shape index (κ1) is 18.2. The van der Waals surface area contributed by atoms with E-state index in [-0.39, 0.29) is 12.3 Å². The Morgan fingerprint density at radius 1 is 1.29 bits per heavy atom. The van der Waals surface area contributed by atoms with E-state index in [9.17, 15) is 9.59 Å². The van der Waals surface area contributed by atoms with Crippen LogP contribution in [-0.4, -0.2) is 36.0 Å². The van der Waals surface area contributed by atoms with Gasteiger partial charge in [-0.25, -0.2) is 9.59 Å². The molecule has 1 heterocycles. The molecule has 0 spiro atoms. The second-order valence-corrected chi connectivity index (χ2v) is 5.59. The zero-order chi connectivity index (χ0) is 17.5. The van der Waals surface area contributed by atoms with Crippen molar-refractivity contribution in [3.8, 4) is 11.3 Å². The first-order chi connectivity index (χ1) is 11.5. The van der Waals surface area contributed by atoms with E-state index in [0.717, 1.165) is 5.56 Å². The Labute approximate surface area is 149 Å². The van der Waals surface area contributed by atoms with Crippen LogP contribution >= 0.6 is 23.2 Å². The number of amides is 2. The molecule has 0 unspecified atom stereocenters. The lowest BCUT2D eigenvalue weighted by Gasteiger charge is -2.06. The number of carbonyl (C=O) groups is 2. The number of rotatable bonds is 6. The van der Waals surface area contributed by atoms with Gasteiger partial charge in [0.1, 0.15) is 5.69 Å². The van der Waals surface area contributed by atoms with Crippen molar-refractivity contribution in [2.75, 3.05) is 24.3 Å². The summed E-state index contributed by atoms with van der Waals surface area (Å²) >= 11 is 11.5. The van der Waals surface area contributed by atoms with Crippen molar-refractivity contribution in [1.82, 2.24) is 10.3 Å². The molecule has 0 aliphatic carbocycles. The van der Waals surface area contributed by atoms with Gasteiger partial charge in [-0.05, 0) is 30.7 Å². The van der Waals surface area contributed by atoms with E-state index in [0.29, 0.717) is 28.8 Å². The van der Waals surface area contributed by atoms with E-state index in [2.05, 4.69) is 15.6 Å². The lowest BCUT2D eigenvalue weighted by atomic mass is 10.1. The normalized spacial score (nSPS) is 10.3. The number of aromatic nitrogens is 1. The highest BCUT2D eigenvalue weighted by Gasteiger charge is 2.19. The zero-order valence-electron chi connectivity index (χ0n) is 13.0. The number of alkyl halides is 1. The molecule has 0 atom stereocenters. The van der Waals surface area contributed by atoms with Crippen LogP contribution in [0.5, 0.6) is 0 Å². The van der Waals surface area contributed by atoms with Gasteiger partial charge in [-0.2, -0.15) is 0 Å². The van der Waals surface area contributed by atoms with Crippen molar-refractivity contribution in [2.45, 2.75) is 6.92 Å². The van der Waals surface area contributed by atoms with E-state index < -0.39 is 12.0 Å². The maximum Gasteiger partial charge on any atom is 0.356 e. The molecule has 0 fully saturated rings. The quantitative estimate of drug-likeness (QED) is 0.533. The Bertz CT molecular complexity index is 731. The van der Waals surface area contributed by atoms with Crippen LogP contribution in [0, 0.1) is 0 Å².